The van der Waals surface area contributed by atoms with Gasteiger partial charge >= 0.3 is 0 Å². The summed E-state index contributed by atoms with van der Waals surface area (Å²) in [6.07, 6.45) is 0. The van der Waals surface area contributed by atoms with Crippen molar-refractivity contribution in [1.82, 2.24) is 15.0 Å². The van der Waals surface area contributed by atoms with E-state index in [1.807, 2.05) is 0 Å². The lowest BCUT2D eigenvalue weighted by Crippen LogP contribution is -1.98. The molecule has 0 atom stereocenters. The molecule has 1 heterocycles. The van der Waals surface area contributed by atoms with Crippen LogP contribution < -0.4 is 5.73 Å². The SMILES string of the molecule is Nc1nc(Cl)nc(Sc2cccc(F)c2)n1. The van der Waals surface area contributed by atoms with Gasteiger partial charge in [-0.15, -0.1) is 0 Å². The van der Waals surface area contributed by atoms with Crippen molar-refractivity contribution in [2.75, 3.05) is 5.73 Å². The third-order valence-electron chi connectivity index (χ3n) is 1.61. The van der Waals surface area contributed by atoms with E-state index in [4.69, 9.17) is 17.3 Å². The van der Waals surface area contributed by atoms with Gasteiger partial charge < -0.3 is 5.73 Å². The molecule has 0 amide bonds. The van der Waals surface area contributed by atoms with Crippen molar-refractivity contribution in [2.45, 2.75) is 10.1 Å². The number of nitrogens with two attached hydrogens (primary N) is 1. The Kier molecular flexibility index (Phi) is 3.21. The van der Waals surface area contributed by atoms with Crippen LogP contribution >= 0.6 is 23.4 Å². The lowest BCUT2D eigenvalue weighted by Gasteiger charge is -2.01. The van der Waals surface area contributed by atoms with E-state index in [2.05, 4.69) is 15.0 Å². The van der Waals surface area contributed by atoms with Crippen LogP contribution in [0.4, 0.5) is 10.3 Å². The number of hydrogen-bond acceptors (Lipinski definition) is 5. The van der Waals surface area contributed by atoms with Crippen molar-refractivity contribution in [1.29, 1.82) is 0 Å². The molecule has 4 nitrogen and oxygen atoms in total. The molecule has 0 bridgehead atoms. The monoisotopic (exact) mass is 256 g/mol. The Labute approximate surface area is 100 Å². The minimum atomic E-state index is -0.321. The van der Waals surface area contributed by atoms with Gasteiger partial charge in [-0.25, -0.2) is 4.39 Å². The van der Waals surface area contributed by atoms with Gasteiger partial charge in [0.25, 0.3) is 0 Å². The van der Waals surface area contributed by atoms with Gasteiger partial charge in [-0.05, 0) is 41.6 Å². The molecule has 7 heteroatoms. The number of benzene rings is 1. The second kappa shape index (κ2) is 4.63. The standard InChI is InChI=1S/C9H6ClFN4S/c10-7-13-8(12)15-9(14-7)16-6-3-1-2-5(11)4-6/h1-4H,(H2,12,13,14,15). The van der Waals surface area contributed by atoms with Crippen LogP contribution in [0.25, 0.3) is 0 Å². The van der Waals surface area contributed by atoms with Crippen molar-refractivity contribution in [3.8, 4) is 0 Å². The van der Waals surface area contributed by atoms with Crippen LogP contribution in [-0.4, -0.2) is 15.0 Å². The highest BCUT2D eigenvalue weighted by Crippen LogP contribution is 2.25. The molecule has 2 aromatic rings. The van der Waals surface area contributed by atoms with Crippen molar-refractivity contribution in [3.63, 3.8) is 0 Å². The highest BCUT2D eigenvalue weighted by molar-refractivity contribution is 7.99. The molecule has 2 rings (SSSR count). The number of anilines is 1. The smallest absolute Gasteiger partial charge is 0.228 e. The van der Waals surface area contributed by atoms with Crippen LogP contribution in [0, 0.1) is 5.82 Å². The first-order valence-electron chi connectivity index (χ1n) is 4.24. The Balaban J connectivity index is 2.27. The summed E-state index contributed by atoms with van der Waals surface area (Å²) in [6.45, 7) is 0. The highest BCUT2D eigenvalue weighted by Gasteiger charge is 2.05. The Morgan fingerprint density at radius 1 is 1.25 bits per heavy atom. The molecule has 0 unspecified atom stereocenters. The largest absolute Gasteiger partial charge is 0.368 e. The maximum atomic E-state index is 12.9. The summed E-state index contributed by atoms with van der Waals surface area (Å²) in [5, 5.41) is 0.356. The minimum absolute atomic E-state index is 0.0198. The van der Waals surface area contributed by atoms with Crippen molar-refractivity contribution < 1.29 is 4.39 Å². The molecule has 82 valence electrons. The van der Waals surface area contributed by atoms with E-state index < -0.39 is 0 Å². The molecule has 0 fully saturated rings. The van der Waals surface area contributed by atoms with E-state index in [1.54, 1.807) is 12.1 Å². The fraction of sp³-hybridized carbons (Fsp3) is 0. The van der Waals surface area contributed by atoms with E-state index in [0.29, 0.717) is 10.1 Å². The number of nitrogens with zero attached hydrogens (tertiary/aromatic N) is 3. The summed E-state index contributed by atoms with van der Waals surface area (Å²) in [5.74, 6) is -0.281. The molecule has 0 spiro atoms. The summed E-state index contributed by atoms with van der Waals surface area (Å²) in [5.41, 5.74) is 5.41. The number of aromatic nitrogens is 3. The zero-order valence-electron chi connectivity index (χ0n) is 7.89. The molecule has 0 radical (unpaired) electrons. The molecule has 0 saturated heterocycles. The molecular formula is C9H6ClFN4S. The van der Waals surface area contributed by atoms with Gasteiger partial charge in [-0.3, -0.25) is 0 Å². The normalized spacial score (nSPS) is 10.4. The van der Waals surface area contributed by atoms with E-state index in [0.717, 1.165) is 11.8 Å². The Bertz CT molecular complexity index is 502. The fourth-order valence-corrected chi connectivity index (χ4v) is 2.04. The Morgan fingerprint density at radius 2 is 2.06 bits per heavy atom. The second-order valence-electron chi connectivity index (χ2n) is 2.80. The van der Waals surface area contributed by atoms with E-state index in [-0.39, 0.29) is 17.0 Å². The lowest BCUT2D eigenvalue weighted by atomic mass is 10.4. The van der Waals surface area contributed by atoms with Gasteiger partial charge in [-0.1, -0.05) is 6.07 Å². The molecule has 0 aliphatic carbocycles. The lowest BCUT2D eigenvalue weighted by molar-refractivity contribution is 0.624. The zero-order chi connectivity index (χ0) is 11.5. The third kappa shape index (κ3) is 2.80. The Morgan fingerprint density at radius 3 is 2.75 bits per heavy atom. The summed E-state index contributed by atoms with van der Waals surface area (Å²) < 4.78 is 12.9. The maximum Gasteiger partial charge on any atom is 0.228 e. The number of halogens is 2. The average molecular weight is 257 g/mol. The first-order chi connectivity index (χ1) is 7.63. The molecular weight excluding hydrogens is 251 g/mol. The maximum absolute atomic E-state index is 12.9. The molecule has 16 heavy (non-hydrogen) atoms. The van der Waals surface area contributed by atoms with Gasteiger partial charge in [0, 0.05) is 4.90 Å². The fourth-order valence-electron chi connectivity index (χ4n) is 1.03. The predicted molar refractivity (Wildman–Crippen MR) is 59.8 cm³/mol. The minimum Gasteiger partial charge on any atom is -0.368 e. The van der Waals surface area contributed by atoms with Crippen LogP contribution in [0.3, 0.4) is 0 Å². The number of hydrogen-bond donors (Lipinski definition) is 1. The Hall–Kier alpha value is -1.40. The summed E-state index contributed by atoms with van der Waals surface area (Å²) >= 11 is 6.78. The summed E-state index contributed by atoms with van der Waals surface area (Å²) in [7, 11) is 0. The van der Waals surface area contributed by atoms with Crippen LogP contribution in [0.1, 0.15) is 0 Å². The molecule has 0 aliphatic rings. The first kappa shape index (κ1) is 11.1. The van der Waals surface area contributed by atoms with Crippen molar-refractivity contribution >= 4 is 29.3 Å². The van der Waals surface area contributed by atoms with Gasteiger partial charge in [0.15, 0.2) is 5.16 Å². The topological polar surface area (TPSA) is 64.7 Å². The van der Waals surface area contributed by atoms with E-state index in [9.17, 15) is 4.39 Å². The van der Waals surface area contributed by atoms with Gasteiger partial charge in [0.1, 0.15) is 5.82 Å². The molecule has 0 saturated carbocycles. The van der Waals surface area contributed by atoms with Crippen LogP contribution in [0.2, 0.25) is 5.28 Å². The van der Waals surface area contributed by atoms with Gasteiger partial charge in [-0.2, -0.15) is 15.0 Å². The molecule has 2 N–H and O–H groups in total. The first-order valence-corrected chi connectivity index (χ1v) is 5.43. The summed E-state index contributed by atoms with van der Waals surface area (Å²) in [6, 6.07) is 6.07. The van der Waals surface area contributed by atoms with Crippen LogP contribution in [0.5, 0.6) is 0 Å². The van der Waals surface area contributed by atoms with E-state index in [1.165, 1.54) is 12.1 Å². The summed E-state index contributed by atoms with van der Waals surface area (Å²) in [4.78, 5) is 12.0. The highest BCUT2D eigenvalue weighted by atomic mass is 35.5. The second-order valence-corrected chi connectivity index (χ2v) is 4.18. The van der Waals surface area contributed by atoms with Crippen molar-refractivity contribution in [2.24, 2.45) is 0 Å². The van der Waals surface area contributed by atoms with Gasteiger partial charge in [0.2, 0.25) is 11.2 Å². The average Bonchev–Trinajstić information content (AvgIpc) is 2.15. The molecule has 1 aromatic carbocycles. The van der Waals surface area contributed by atoms with Crippen LogP contribution in [0.15, 0.2) is 34.3 Å². The van der Waals surface area contributed by atoms with Crippen LogP contribution in [-0.2, 0) is 0 Å². The predicted octanol–water partition coefficient (Wildman–Crippen LogP) is 2.40. The van der Waals surface area contributed by atoms with E-state index >= 15 is 0 Å². The van der Waals surface area contributed by atoms with Crippen molar-refractivity contribution in [3.05, 3.63) is 35.4 Å². The number of rotatable bonds is 2. The van der Waals surface area contributed by atoms with Gasteiger partial charge in [0.05, 0.1) is 0 Å². The molecule has 1 aromatic heterocycles. The quantitative estimate of drug-likeness (QED) is 0.894. The molecule has 0 aliphatic heterocycles. The third-order valence-corrected chi connectivity index (χ3v) is 2.63. The number of nitrogen functional groups attached to an aromatic ring is 1. The zero-order valence-corrected chi connectivity index (χ0v) is 9.46.